The lowest BCUT2D eigenvalue weighted by atomic mass is 9.82. The van der Waals surface area contributed by atoms with Crippen LogP contribution in [0.1, 0.15) is 49.9 Å². The van der Waals surface area contributed by atoms with Gasteiger partial charge in [-0.3, -0.25) is 0 Å². The van der Waals surface area contributed by atoms with Crippen LogP contribution in [0.25, 0.3) is 83.1 Å². The summed E-state index contributed by atoms with van der Waals surface area (Å²) in [4.78, 5) is 2.48. The van der Waals surface area contributed by atoms with Gasteiger partial charge in [0.15, 0.2) is 0 Å². The van der Waals surface area contributed by atoms with Crippen LogP contribution in [0.5, 0.6) is 0 Å². The molecule has 2 nitrogen and oxygen atoms in total. The van der Waals surface area contributed by atoms with Gasteiger partial charge in [-0.05, 0) is 145 Å². The highest BCUT2D eigenvalue weighted by Crippen LogP contribution is 2.53. The van der Waals surface area contributed by atoms with Gasteiger partial charge < -0.3 is 9.47 Å². The Morgan fingerprint density at radius 3 is 1.47 bits per heavy atom. The van der Waals surface area contributed by atoms with E-state index in [1.54, 1.807) is 0 Å². The molecule has 10 aromatic carbocycles. The van der Waals surface area contributed by atoms with Crippen LogP contribution in [0.15, 0.2) is 231 Å². The lowest BCUT2D eigenvalue weighted by molar-refractivity contribution is 0.660. The first-order chi connectivity index (χ1) is 33.2. The molecular weight excluding hydrogens is 821 g/mol. The van der Waals surface area contributed by atoms with E-state index in [0.29, 0.717) is 0 Å². The number of para-hydroxylation sites is 2. The summed E-state index contributed by atoms with van der Waals surface area (Å²) in [5, 5.41) is 2.51. The Hall–Kier alpha value is -8.20. The molecular formula is C66H50N2. The highest BCUT2D eigenvalue weighted by Gasteiger charge is 2.38. The number of nitrogens with zero attached hydrogens (tertiary/aromatic N) is 2. The van der Waals surface area contributed by atoms with Gasteiger partial charge in [0, 0.05) is 44.4 Å². The van der Waals surface area contributed by atoms with Crippen LogP contribution in [-0.2, 0) is 10.8 Å². The average molecular weight is 871 g/mol. The molecule has 0 radical (unpaired) electrons. The largest absolute Gasteiger partial charge is 0.310 e. The first-order valence-corrected chi connectivity index (χ1v) is 23.9. The van der Waals surface area contributed by atoms with Crippen molar-refractivity contribution in [2.75, 3.05) is 4.90 Å². The topological polar surface area (TPSA) is 8.17 Å². The third-order valence-electron chi connectivity index (χ3n) is 15.2. The fraction of sp³-hybridized carbons (Fsp3) is 0.0909. The van der Waals surface area contributed by atoms with Gasteiger partial charge in [-0.15, -0.1) is 0 Å². The zero-order chi connectivity index (χ0) is 45.7. The SMILES string of the molecule is CC1(C)c2ccccc2-c2ccc(N(c3cccc(-c4ccc(-c5ccc6c7ccccc7n(-c7ccccc7)c6c5)c(-c5ccccc5)c4)c3)c3ccc4c(c3)C(C)(C)c3ccccc3-4)cc21. The lowest BCUT2D eigenvalue weighted by Crippen LogP contribution is -2.18. The number of aromatic nitrogens is 1. The summed E-state index contributed by atoms with van der Waals surface area (Å²) in [5.74, 6) is 0. The fourth-order valence-electron chi connectivity index (χ4n) is 11.8. The molecule has 1 aromatic heterocycles. The van der Waals surface area contributed by atoms with Gasteiger partial charge in [-0.1, -0.05) is 191 Å². The maximum atomic E-state index is 2.48. The predicted molar refractivity (Wildman–Crippen MR) is 287 cm³/mol. The molecule has 0 saturated heterocycles. The zero-order valence-electron chi connectivity index (χ0n) is 38.8. The van der Waals surface area contributed by atoms with E-state index in [1.807, 2.05) is 0 Å². The summed E-state index contributed by atoms with van der Waals surface area (Å²) in [6.45, 7) is 9.49. The molecule has 2 aliphatic carbocycles. The third-order valence-corrected chi connectivity index (χ3v) is 15.2. The molecule has 0 spiro atoms. The molecule has 2 aliphatic rings. The highest BCUT2D eigenvalue weighted by molar-refractivity contribution is 6.10. The number of hydrogen-bond acceptors (Lipinski definition) is 1. The predicted octanol–water partition coefficient (Wildman–Crippen LogP) is 17.9. The molecule has 0 N–H and O–H groups in total. The second kappa shape index (κ2) is 15.2. The Labute approximate surface area is 399 Å². The van der Waals surface area contributed by atoms with Crippen molar-refractivity contribution in [1.29, 1.82) is 0 Å². The zero-order valence-corrected chi connectivity index (χ0v) is 38.8. The molecule has 0 fully saturated rings. The van der Waals surface area contributed by atoms with E-state index in [1.165, 1.54) is 99.7 Å². The number of fused-ring (bicyclic) bond motifs is 9. The molecule has 68 heavy (non-hydrogen) atoms. The lowest BCUT2D eigenvalue weighted by Gasteiger charge is -2.30. The number of anilines is 3. The molecule has 0 unspecified atom stereocenters. The molecule has 1 heterocycles. The van der Waals surface area contributed by atoms with E-state index in [4.69, 9.17) is 0 Å². The Morgan fingerprint density at radius 1 is 0.294 bits per heavy atom. The second-order valence-electron chi connectivity index (χ2n) is 19.7. The molecule has 13 rings (SSSR count). The average Bonchev–Trinajstić information content (AvgIpc) is 3.93. The van der Waals surface area contributed by atoms with Crippen molar-refractivity contribution in [2.24, 2.45) is 0 Å². The van der Waals surface area contributed by atoms with Crippen LogP contribution in [-0.4, -0.2) is 4.57 Å². The van der Waals surface area contributed by atoms with Crippen LogP contribution < -0.4 is 4.90 Å². The second-order valence-corrected chi connectivity index (χ2v) is 19.7. The van der Waals surface area contributed by atoms with E-state index in [0.717, 1.165) is 22.7 Å². The molecule has 11 aromatic rings. The van der Waals surface area contributed by atoms with E-state index in [9.17, 15) is 0 Å². The standard InChI is InChI=1S/C66H50N2/c1-65(2)59-27-14-11-24-52(59)54-36-32-49(41-61(54)65)67(50-33-37-55-53-25-12-15-28-60(53)66(3,4)62(55)42-50)48-23-17-20-44(38-48)45-30-34-51(58(39-45)43-18-7-5-8-19-43)46-31-35-57-56-26-13-16-29-63(56)68(64(57)40-46)47-21-9-6-10-22-47/h5-42H,1-4H3. The van der Waals surface area contributed by atoms with Gasteiger partial charge in [-0.25, -0.2) is 0 Å². The summed E-state index contributed by atoms with van der Waals surface area (Å²) >= 11 is 0. The Bertz CT molecular complexity index is 3690. The maximum Gasteiger partial charge on any atom is 0.0547 e. The van der Waals surface area contributed by atoms with Crippen LogP contribution in [0, 0.1) is 0 Å². The van der Waals surface area contributed by atoms with Crippen LogP contribution >= 0.6 is 0 Å². The number of rotatable bonds is 7. The van der Waals surface area contributed by atoms with Crippen molar-refractivity contribution in [1.82, 2.24) is 4.57 Å². The van der Waals surface area contributed by atoms with Crippen molar-refractivity contribution in [2.45, 2.75) is 38.5 Å². The van der Waals surface area contributed by atoms with E-state index in [2.05, 4.69) is 268 Å². The molecule has 0 amide bonds. The summed E-state index contributed by atoms with van der Waals surface area (Å²) in [5.41, 5.74) is 24.6. The van der Waals surface area contributed by atoms with E-state index < -0.39 is 0 Å². The van der Waals surface area contributed by atoms with Gasteiger partial charge in [0.1, 0.15) is 0 Å². The summed E-state index contributed by atoms with van der Waals surface area (Å²) < 4.78 is 2.41. The molecule has 2 heteroatoms. The van der Waals surface area contributed by atoms with Gasteiger partial charge in [0.2, 0.25) is 0 Å². The molecule has 0 bridgehead atoms. The van der Waals surface area contributed by atoms with Gasteiger partial charge in [0.25, 0.3) is 0 Å². The summed E-state index contributed by atoms with van der Waals surface area (Å²) in [6, 6.07) is 85.6. The van der Waals surface area contributed by atoms with E-state index in [-0.39, 0.29) is 10.8 Å². The minimum absolute atomic E-state index is 0.130. The number of hydrogen-bond donors (Lipinski definition) is 0. The molecule has 324 valence electrons. The van der Waals surface area contributed by atoms with Gasteiger partial charge >= 0.3 is 0 Å². The molecule has 0 saturated carbocycles. The van der Waals surface area contributed by atoms with Crippen molar-refractivity contribution in [3.63, 3.8) is 0 Å². The first kappa shape index (κ1) is 40.1. The maximum absolute atomic E-state index is 2.48. The van der Waals surface area contributed by atoms with E-state index >= 15 is 0 Å². The monoisotopic (exact) mass is 870 g/mol. The summed E-state index contributed by atoms with van der Waals surface area (Å²) in [7, 11) is 0. The smallest absolute Gasteiger partial charge is 0.0547 e. The summed E-state index contributed by atoms with van der Waals surface area (Å²) in [6.07, 6.45) is 0. The fourth-order valence-corrected chi connectivity index (χ4v) is 11.8. The number of benzene rings is 10. The highest BCUT2D eigenvalue weighted by atomic mass is 15.1. The minimum atomic E-state index is -0.130. The Morgan fingerprint density at radius 2 is 0.794 bits per heavy atom. The van der Waals surface area contributed by atoms with Gasteiger partial charge in [-0.2, -0.15) is 0 Å². The molecule has 0 atom stereocenters. The van der Waals surface area contributed by atoms with Crippen LogP contribution in [0.3, 0.4) is 0 Å². The first-order valence-electron chi connectivity index (χ1n) is 23.9. The quantitative estimate of drug-likeness (QED) is 0.155. The third kappa shape index (κ3) is 6.10. The normalized spacial score (nSPS) is 13.8. The Kier molecular flexibility index (Phi) is 8.95. The molecule has 0 aliphatic heterocycles. The van der Waals surface area contributed by atoms with Crippen LogP contribution in [0.4, 0.5) is 17.1 Å². The van der Waals surface area contributed by atoms with Crippen molar-refractivity contribution in [3.8, 4) is 61.3 Å². The van der Waals surface area contributed by atoms with Gasteiger partial charge in [0.05, 0.1) is 11.0 Å². The Balaban J connectivity index is 0.965. The van der Waals surface area contributed by atoms with Crippen molar-refractivity contribution in [3.05, 3.63) is 253 Å². The van der Waals surface area contributed by atoms with Crippen LogP contribution in [0.2, 0.25) is 0 Å². The minimum Gasteiger partial charge on any atom is -0.310 e. The van der Waals surface area contributed by atoms with Crippen molar-refractivity contribution >= 4 is 38.9 Å². The van der Waals surface area contributed by atoms with Crippen molar-refractivity contribution < 1.29 is 0 Å².